The molecule has 1 fully saturated rings. The zero-order valence-electron chi connectivity index (χ0n) is 18.8. The fourth-order valence-corrected chi connectivity index (χ4v) is 4.20. The Morgan fingerprint density at radius 1 is 1.18 bits per heavy atom. The highest BCUT2D eigenvalue weighted by Gasteiger charge is 2.40. The molecule has 1 aromatic heterocycles. The average molecular weight is 480 g/mol. The average Bonchev–Trinajstić information content (AvgIpc) is 3.27. The quantitative estimate of drug-likeness (QED) is 0.681. The van der Waals surface area contributed by atoms with Gasteiger partial charge >= 0.3 is 6.18 Å². The summed E-state index contributed by atoms with van der Waals surface area (Å²) in [6.45, 7) is 1.47. The van der Waals surface area contributed by atoms with Crippen molar-refractivity contribution in [3.63, 3.8) is 0 Å². The maximum atomic E-state index is 13.2. The lowest BCUT2D eigenvalue weighted by Gasteiger charge is -2.35. The molecule has 2 aliphatic rings. The lowest BCUT2D eigenvalue weighted by molar-refractivity contribution is -0.147. The number of aryl methyl sites for hydroxylation is 1. The number of ether oxygens (including phenoxy) is 1. The van der Waals surface area contributed by atoms with Crippen LogP contribution in [-0.4, -0.2) is 81.4 Å². The number of hydrogen-bond donors (Lipinski definition) is 1. The van der Waals surface area contributed by atoms with Crippen LogP contribution in [0.4, 0.5) is 13.2 Å². The van der Waals surface area contributed by atoms with E-state index in [4.69, 9.17) is 9.84 Å². The molecule has 1 amide bonds. The van der Waals surface area contributed by atoms with Gasteiger partial charge < -0.3 is 19.6 Å². The molecule has 12 heteroatoms. The molecule has 1 N–H and O–H groups in total. The van der Waals surface area contributed by atoms with Crippen LogP contribution in [0.15, 0.2) is 29.4 Å². The molecule has 0 unspecified atom stereocenters. The van der Waals surface area contributed by atoms with Crippen LogP contribution >= 0.6 is 0 Å². The molecule has 1 aromatic carbocycles. The fourth-order valence-electron chi connectivity index (χ4n) is 4.20. The van der Waals surface area contributed by atoms with Crippen LogP contribution in [0.25, 0.3) is 0 Å². The Labute approximate surface area is 194 Å². The number of hydrogen-bond acceptors (Lipinski definition) is 7. The first kappa shape index (κ1) is 24.0. The van der Waals surface area contributed by atoms with E-state index in [0.29, 0.717) is 43.4 Å². The number of likely N-dealkylation sites (tertiary alicyclic amines) is 1. The third-order valence-electron chi connectivity index (χ3n) is 6.18. The monoisotopic (exact) mass is 480 g/mol. The first-order valence-corrected chi connectivity index (χ1v) is 11.2. The van der Waals surface area contributed by atoms with Crippen LogP contribution in [-0.2, 0) is 17.4 Å². The Balaban J connectivity index is 1.32. The summed E-state index contributed by atoms with van der Waals surface area (Å²) in [4.78, 5) is 15.4. The van der Waals surface area contributed by atoms with Gasteiger partial charge in [0, 0.05) is 39.5 Å². The number of nitrogens with zero attached hydrogens (tertiary/aromatic N) is 6. The molecule has 0 atom stereocenters. The summed E-state index contributed by atoms with van der Waals surface area (Å²) in [7, 11) is 1.61. The van der Waals surface area contributed by atoms with Gasteiger partial charge in [-0.1, -0.05) is 12.1 Å². The smallest absolute Gasteiger partial charge is 0.453 e. The van der Waals surface area contributed by atoms with Crippen molar-refractivity contribution in [2.75, 3.05) is 39.9 Å². The third kappa shape index (κ3) is 5.32. The Kier molecular flexibility index (Phi) is 7.05. The zero-order chi connectivity index (χ0) is 24.3. The van der Waals surface area contributed by atoms with Crippen molar-refractivity contribution >= 4 is 11.7 Å². The van der Waals surface area contributed by atoms with Crippen molar-refractivity contribution in [1.29, 1.82) is 0 Å². The van der Waals surface area contributed by atoms with Gasteiger partial charge in [-0.2, -0.15) is 22.9 Å². The number of amides is 1. The largest absolute Gasteiger partial charge is 0.484 e. The Morgan fingerprint density at radius 2 is 1.88 bits per heavy atom. The summed E-state index contributed by atoms with van der Waals surface area (Å²) < 4.78 is 45.8. The molecule has 0 spiro atoms. The second-order valence-corrected chi connectivity index (χ2v) is 8.42. The van der Waals surface area contributed by atoms with E-state index in [2.05, 4.69) is 15.3 Å². The van der Waals surface area contributed by atoms with Crippen molar-refractivity contribution in [3.05, 3.63) is 41.5 Å². The van der Waals surface area contributed by atoms with E-state index < -0.39 is 12.0 Å². The molecule has 0 bridgehead atoms. The molecule has 9 nitrogen and oxygen atoms in total. The van der Waals surface area contributed by atoms with Crippen LogP contribution in [0.5, 0.6) is 5.75 Å². The summed E-state index contributed by atoms with van der Waals surface area (Å²) in [6, 6.07) is 7.63. The molecule has 3 heterocycles. The second-order valence-electron chi connectivity index (χ2n) is 8.42. The topological polar surface area (TPSA) is 96.1 Å². The van der Waals surface area contributed by atoms with Crippen molar-refractivity contribution in [3.8, 4) is 5.75 Å². The normalized spacial score (nSPS) is 16.7. The van der Waals surface area contributed by atoms with Crippen molar-refractivity contribution in [2.24, 2.45) is 5.10 Å². The predicted octanol–water partition coefficient (Wildman–Crippen LogP) is 2.11. The lowest BCUT2D eigenvalue weighted by Crippen LogP contribution is -2.40. The van der Waals surface area contributed by atoms with Crippen LogP contribution < -0.4 is 4.74 Å². The highest BCUT2D eigenvalue weighted by Crippen LogP contribution is 2.32. The Bertz CT molecular complexity index is 1030. The van der Waals surface area contributed by atoms with Crippen molar-refractivity contribution in [1.82, 2.24) is 24.7 Å². The number of alkyl halides is 3. The minimum absolute atomic E-state index is 0.0967. The molecule has 2 aliphatic heterocycles. The molecule has 1 saturated heterocycles. The van der Waals surface area contributed by atoms with E-state index in [0.717, 1.165) is 23.1 Å². The molecule has 184 valence electrons. The molecule has 34 heavy (non-hydrogen) atoms. The van der Waals surface area contributed by atoms with Crippen molar-refractivity contribution in [2.45, 2.75) is 37.8 Å². The Morgan fingerprint density at radius 3 is 2.53 bits per heavy atom. The van der Waals surface area contributed by atoms with Gasteiger partial charge in [-0.25, -0.2) is 0 Å². The lowest BCUT2D eigenvalue weighted by atomic mass is 9.89. The number of benzene rings is 1. The molecule has 0 saturated carbocycles. The summed E-state index contributed by atoms with van der Waals surface area (Å²) in [6.07, 6.45) is -1.97. The molecule has 4 rings (SSSR count). The van der Waals surface area contributed by atoms with Gasteiger partial charge in [0.1, 0.15) is 11.6 Å². The second kappa shape index (κ2) is 10.00. The van der Waals surface area contributed by atoms with Crippen molar-refractivity contribution < 1.29 is 27.8 Å². The maximum Gasteiger partial charge on any atom is 0.453 e. The van der Waals surface area contributed by atoms with Crippen LogP contribution in [0.1, 0.15) is 42.4 Å². The molecule has 0 aliphatic carbocycles. The van der Waals surface area contributed by atoms with E-state index in [1.807, 2.05) is 29.2 Å². The molecular weight excluding hydrogens is 453 g/mol. The highest BCUT2D eigenvalue weighted by atomic mass is 19.4. The fraction of sp³-hybridized carbons (Fsp3) is 0.545. The number of aromatic nitrogens is 3. The zero-order valence-corrected chi connectivity index (χ0v) is 18.8. The summed E-state index contributed by atoms with van der Waals surface area (Å²) in [5, 5.41) is 20.0. The number of aliphatic hydroxyl groups excluding tert-OH is 1. The van der Waals surface area contributed by atoms with Gasteiger partial charge in [0.15, 0.2) is 12.4 Å². The third-order valence-corrected chi connectivity index (χ3v) is 6.18. The summed E-state index contributed by atoms with van der Waals surface area (Å²) in [5.74, 6) is 0.485. The number of fused-ring (bicyclic) bond motifs is 1. The van der Waals surface area contributed by atoms with E-state index in [1.54, 1.807) is 7.05 Å². The standard InChI is InChI=1S/C22H27F3N6O3/c1-29(12-13-32)20(33)14-34-17-4-2-15(3-5-17)16-8-10-30(11-9-16)19-7-6-18-26-27-21(22(23,24)25)31(18)28-19/h2-5,16,32H,6-14H2,1H3. The van der Waals surface area contributed by atoms with Gasteiger partial charge in [0.05, 0.1) is 6.61 Å². The first-order chi connectivity index (χ1) is 16.3. The van der Waals surface area contributed by atoms with Gasteiger partial charge in [0.2, 0.25) is 0 Å². The minimum Gasteiger partial charge on any atom is -0.484 e. The summed E-state index contributed by atoms with van der Waals surface area (Å²) >= 11 is 0. The molecule has 2 aromatic rings. The number of carbonyl (C=O) groups excluding carboxylic acids is 1. The van der Waals surface area contributed by atoms with E-state index in [1.165, 1.54) is 4.90 Å². The SMILES string of the molecule is CN(CCO)C(=O)COc1ccc(C2CCN(C3=Nn4c(nnc4C(F)(F)F)CC3)CC2)cc1. The van der Waals surface area contributed by atoms with E-state index in [9.17, 15) is 18.0 Å². The van der Waals surface area contributed by atoms with Crippen LogP contribution in [0.3, 0.4) is 0 Å². The number of rotatable bonds is 6. The predicted molar refractivity (Wildman–Crippen MR) is 116 cm³/mol. The number of aliphatic hydroxyl groups is 1. The Hall–Kier alpha value is -3.15. The number of amidine groups is 1. The molecular formula is C22H27F3N6O3. The highest BCUT2D eigenvalue weighted by molar-refractivity contribution is 5.83. The van der Waals surface area contributed by atoms with Gasteiger partial charge in [-0.3, -0.25) is 4.79 Å². The number of likely N-dealkylation sites (N-methyl/N-ethyl adjacent to an activating group) is 1. The minimum atomic E-state index is -4.59. The number of halogens is 3. The molecule has 0 radical (unpaired) electrons. The van der Waals surface area contributed by atoms with Gasteiger partial charge in [-0.15, -0.1) is 10.2 Å². The number of carbonyl (C=O) groups is 1. The van der Waals surface area contributed by atoms with E-state index >= 15 is 0 Å². The first-order valence-electron chi connectivity index (χ1n) is 11.2. The summed E-state index contributed by atoms with van der Waals surface area (Å²) in [5.41, 5.74) is 1.15. The van der Waals surface area contributed by atoms with Gasteiger partial charge in [0.25, 0.3) is 11.7 Å². The van der Waals surface area contributed by atoms with Crippen LogP contribution in [0.2, 0.25) is 0 Å². The van der Waals surface area contributed by atoms with Gasteiger partial charge in [-0.05, 0) is 36.5 Å². The maximum absolute atomic E-state index is 13.2. The van der Waals surface area contributed by atoms with Crippen LogP contribution in [0, 0.1) is 0 Å². The number of piperidine rings is 1. The van der Waals surface area contributed by atoms with E-state index in [-0.39, 0.29) is 31.5 Å².